The zero-order valence-corrected chi connectivity index (χ0v) is 11.4. The Bertz CT molecular complexity index is 466. The standard InChI is InChI=1S/C13H17ClN2O2/c1-3-4-10-5-9(6-11(14)15-10)12(17)16-7-13(2,18)8-16/h5-6,18H,3-4,7-8H2,1-2H3. The van der Waals surface area contributed by atoms with Crippen molar-refractivity contribution in [1.82, 2.24) is 9.88 Å². The van der Waals surface area contributed by atoms with Crippen LogP contribution in [0.1, 0.15) is 36.3 Å². The van der Waals surface area contributed by atoms with Crippen LogP contribution in [0.25, 0.3) is 0 Å². The zero-order chi connectivity index (χ0) is 13.3. The Kier molecular flexibility index (Phi) is 3.59. The van der Waals surface area contributed by atoms with Gasteiger partial charge in [0.1, 0.15) is 5.15 Å². The maximum atomic E-state index is 12.2. The highest BCUT2D eigenvalue weighted by Gasteiger charge is 2.39. The molecule has 0 aromatic carbocycles. The fraction of sp³-hybridized carbons (Fsp3) is 0.538. The number of hydrogen-bond donors (Lipinski definition) is 1. The van der Waals surface area contributed by atoms with Crippen molar-refractivity contribution in [1.29, 1.82) is 0 Å². The van der Waals surface area contributed by atoms with E-state index in [1.807, 2.05) is 0 Å². The third-order valence-electron chi connectivity index (χ3n) is 2.95. The predicted octanol–water partition coefficient (Wildman–Crippen LogP) is 1.89. The summed E-state index contributed by atoms with van der Waals surface area (Å²) in [7, 11) is 0. The molecule has 0 bridgehead atoms. The van der Waals surface area contributed by atoms with Gasteiger partial charge in [0.2, 0.25) is 0 Å². The number of likely N-dealkylation sites (tertiary alicyclic amines) is 1. The van der Waals surface area contributed by atoms with Gasteiger partial charge in [-0.2, -0.15) is 0 Å². The molecule has 18 heavy (non-hydrogen) atoms. The van der Waals surface area contributed by atoms with Gasteiger partial charge in [-0.15, -0.1) is 0 Å². The topological polar surface area (TPSA) is 53.4 Å². The number of aliphatic hydroxyl groups is 1. The summed E-state index contributed by atoms with van der Waals surface area (Å²) in [6.45, 7) is 4.51. The molecule has 4 nitrogen and oxygen atoms in total. The summed E-state index contributed by atoms with van der Waals surface area (Å²) in [6.07, 6.45) is 1.76. The molecule has 5 heteroatoms. The lowest BCUT2D eigenvalue weighted by atomic mass is 9.96. The molecule has 0 radical (unpaired) electrons. The van der Waals surface area contributed by atoms with Gasteiger partial charge in [0, 0.05) is 11.3 Å². The van der Waals surface area contributed by atoms with E-state index >= 15 is 0 Å². The van der Waals surface area contributed by atoms with Gasteiger partial charge >= 0.3 is 0 Å². The van der Waals surface area contributed by atoms with Crippen LogP contribution in [0.2, 0.25) is 5.15 Å². The highest BCUT2D eigenvalue weighted by Crippen LogP contribution is 2.23. The Morgan fingerprint density at radius 2 is 2.22 bits per heavy atom. The molecule has 2 heterocycles. The molecule has 1 fully saturated rings. The van der Waals surface area contributed by atoms with Crippen molar-refractivity contribution in [2.45, 2.75) is 32.3 Å². The Morgan fingerprint density at radius 1 is 1.56 bits per heavy atom. The summed E-state index contributed by atoms with van der Waals surface area (Å²) in [5, 5.41) is 9.98. The van der Waals surface area contributed by atoms with Crippen LogP contribution in [0.5, 0.6) is 0 Å². The molecule has 0 atom stereocenters. The van der Waals surface area contributed by atoms with Gasteiger partial charge in [0.25, 0.3) is 5.91 Å². The predicted molar refractivity (Wildman–Crippen MR) is 69.8 cm³/mol. The van der Waals surface area contributed by atoms with Crippen molar-refractivity contribution >= 4 is 17.5 Å². The number of carbonyl (C=O) groups is 1. The molecule has 1 aromatic rings. The summed E-state index contributed by atoms with van der Waals surface area (Å²) < 4.78 is 0. The third kappa shape index (κ3) is 2.82. The fourth-order valence-electron chi connectivity index (χ4n) is 2.16. The van der Waals surface area contributed by atoms with E-state index in [0.717, 1.165) is 18.5 Å². The van der Waals surface area contributed by atoms with E-state index in [-0.39, 0.29) is 5.91 Å². The normalized spacial score (nSPS) is 17.4. The van der Waals surface area contributed by atoms with Gasteiger partial charge in [0.05, 0.1) is 18.7 Å². The van der Waals surface area contributed by atoms with Gasteiger partial charge in [-0.1, -0.05) is 24.9 Å². The first-order valence-electron chi connectivity index (χ1n) is 6.09. The van der Waals surface area contributed by atoms with Crippen LogP contribution in [-0.4, -0.2) is 39.6 Å². The lowest BCUT2D eigenvalue weighted by Gasteiger charge is -2.44. The lowest BCUT2D eigenvalue weighted by Crippen LogP contribution is -2.61. The Morgan fingerprint density at radius 3 is 2.78 bits per heavy atom. The Hall–Kier alpha value is -1.13. The van der Waals surface area contributed by atoms with Crippen LogP contribution in [0.4, 0.5) is 0 Å². The van der Waals surface area contributed by atoms with Gasteiger partial charge in [-0.3, -0.25) is 4.79 Å². The summed E-state index contributed by atoms with van der Waals surface area (Å²) in [5.74, 6) is -0.0943. The molecule has 0 aliphatic carbocycles. The van der Waals surface area contributed by atoms with Crippen molar-refractivity contribution in [2.24, 2.45) is 0 Å². The number of β-amino-alcohol motifs (C(OH)–C–C–N with tert-alkyl or cyclic N) is 1. The van der Waals surface area contributed by atoms with E-state index in [4.69, 9.17) is 11.6 Å². The van der Waals surface area contributed by atoms with Crippen molar-refractivity contribution < 1.29 is 9.90 Å². The maximum absolute atomic E-state index is 12.2. The number of amides is 1. The molecule has 0 spiro atoms. The largest absolute Gasteiger partial charge is 0.386 e. The number of aryl methyl sites for hydroxylation is 1. The Balaban J connectivity index is 2.15. The van der Waals surface area contributed by atoms with E-state index in [9.17, 15) is 9.90 Å². The average Bonchev–Trinajstić information content (AvgIpc) is 2.24. The molecule has 1 N–H and O–H groups in total. The molecule has 0 unspecified atom stereocenters. The first kappa shape index (κ1) is 13.3. The lowest BCUT2D eigenvalue weighted by molar-refractivity contribution is -0.0668. The molecule has 1 aromatic heterocycles. The minimum Gasteiger partial charge on any atom is -0.386 e. The van der Waals surface area contributed by atoms with E-state index in [1.54, 1.807) is 24.0 Å². The van der Waals surface area contributed by atoms with E-state index in [2.05, 4.69) is 11.9 Å². The number of carbonyl (C=O) groups excluding carboxylic acids is 1. The SMILES string of the molecule is CCCc1cc(C(=O)N2CC(C)(O)C2)cc(Cl)n1. The van der Waals surface area contributed by atoms with Crippen LogP contribution in [-0.2, 0) is 6.42 Å². The molecular formula is C13H17ClN2O2. The summed E-state index contributed by atoms with van der Waals surface area (Å²) >= 11 is 5.92. The second-order valence-electron chi connectivity index (χ2n) is 5.08. The summed E-state index contributed by atoms with van der Waals surface area (Å²) in [4.78, 5) is 17.9. The summed E-state index contributed by atoms with van der Waals surface area (Å²) in [5.41, 5.74) is 0.633. The molecule has 1 aliphatic heterocycles. The third-order valence-corrected chi connectivity index (χ3v) is 3.14. The number of hydrogen-bond acceptors (Lipinski definition) is 3. The van der Waals surface area contributed by atoms with E-state index < -0.39 is 5.60 Å². The molecule has 1 amide bonds. The molecule has 0 saturated carbocycles. The fourth-order valence-corrected chi connectivity index (χ4v) is 2.39. The number of rotatable bonds is 3. The van der Waals surface area contributed by atoms with Crippen molar-refractivity contribution in [2.75, 3.05) is 13.1 Å². The number of aromatic nitrogens is 1. The van der Waals surface area contributed by atoms with E-state index in [0.29, 0.717) is 23.8 Å². The molecular weight excluding hydrogens is 252 g/mol. The average molecular weight is 269 g/mol. The summed E-state index contributed by atoms with van der Waals surface area (Å²) in [6, 6.07) is 3.36. The van der Waals surface area contributed by atoms with Crippen LogP contribution in [0.15, 0.2) is 12.1 Å². The quantitative estimate of drug-likeness (QED) is 0.852. The molecule has 2 rings (SSSR count). The second kappa shape index (κ2) is 4.86. The van der Waals surface area contributed by atoms with Crippen LogP contribution < -0.4 is 0 Å². The molecule has 98 valence electrons. The smallest absolute Gasteiger partial charge is 0.254 e. The Labute approximate surface area is 112 Å². The molecule has 1 saturated heterocycles. The highest BCUT2D eigenvalue weighted by atomic mass is 35.5. The van der Waals surface area contributed by atoms with Crippen LogP contribution in [0, 0.1) is 0 Å². The number of nitrogens with zero attached hydrogens (tertiary/aromatic N) is 2. The van der Waals surface area contributed by atoms with Crippen LogP contribution >= 0.6 is 11.6 Å². The minimum absolute atomic E-state index is 0.0943. The number of pyridine rings is 1. The first-order chi connectivity index (χ1) is 8.41. The number of halogens is 1. The zero-order valence-electron chi connectivity index (χ0n) is 10.6. The van der Waals surface area contributed by atoms with Crippen molar-refractivity contribution in [3.05, 3.63) is 28.5 Å². The second-order valence-corrected chi connectivity index (χ2v) is 5.47. The minimum atomic E-state index is -0.751. The van der Waals surface area contributed by atoms with Gasteiger partial charge in [0.15, 0.2) is 0 Å². The van der Waals surface area contributed by atoms with Crippen molar-refractivity contribution in [3.8, 4) is 0 Å². The monoisotopic (exact) mass is 268 g/mol. The van der Waals surface area contributed by atoms with Gasteiger partial charge in [-0.25, -0.2) is 4.98 Å². The van der Waals surface area contributed by atoms with E-state index in [1.165, 1.54) is 0 Å². The van der Waals surface area contributed by atoms with Crippen LogP contribution in [0.3, 0.4) is 0 Å². The maximum Gasteiger partial charge on any atom is 0.254 e. The van der Waals surface area contributed by atoms with Crippen molar-refractivity contribution in [3.63, 3.8) is 0 Å². The molecule has 1 aliphatic rings. The first-order valence-corrected chi connectivity index (χ1v) is 6.47. The van der Waals surface area contributed by atoms with Gasteiger partial charge < -0.3 is 10.0 Å². The highest BCUT2D eigenvalue weighted by molar-refractivity contribution is 6.29. The van der Waals surface area contributed by atoms with Gasteiger partial charge in [-0.05, 0) is 25.5 Å².